The fraction of sp³-hybridized carbons (Fsp3) is 0.389. The molecule has 242 valence electrons. The van der Waals surface area contributed by atoms with E-state index in [2.05, 4.69) is 0 Å². The molecule has 10 heteroatoms. The van der Waals surface area contributed by atoms with Crippen LogP contribution in [0.4, 0.5) is 0 Å². The molecule has 2 saturated heterocycles. The van der Waals surface area contributed by atoms with Crippen LogP contribution in [-0.2, 0) is 9.59 Å². The highest BCUT2D eigenvalue weighted by atomic mass is 32.2. The third-order valence-corrected chi connectivity index (χ3v) is 14.0. The highest BCUT2D eigenvalue weighted by molar-refractivity contribution is 8.30. The van der Waals surface area contributed by atoms with Crippen molar-refractivity contribution in [2.45, 2.75) is 60.3 Å². The van der Waals surface area contributed by atoms with Crippen LogP contribution in [0.1, 0.15) is 68.7 Å². The van der Waals surface area contributed by atoms with Crippen LogP contribution in [0.2, 0.25) is 0 Å². The molecular formula is C36H38O6S4. The van der Waals surface area contributed by atoms with Crippen LogP contribution < -0.4 is 10.4 Å². The maximum atomic E-state index is 13.8. The summed E-state index contributed by atoms with van der Waals surface area (Å²) < 4.78 is 1.57. The molecule has 4 N–H and O–H groups in total. The number of carbonyl (C=O) groups is 2. The van der Waals surface area contributed by atoms with E-state index in [0.717, 1.165) is 44.3 Å². The lowest BCUT2D eigenvalue weighted by Crippen LogP contribution is -2.34. The Balaban J connectivity index is 1.90. The molecule has 3 aromatic rings. The van der Waals surface area contributed by atoms with Gasteiger partial charge in [0.2, 0.25) is 11.6 Å². The Morgan fingerprint density at radius 3 is 1.74 bits per heavy atom. The van der Waals surface area contributed by atoms with Crippen LogP contribution in [0, 0.1) is 30.2 Å². The van der Waals surface area contributed by atoms with E-state index in [1.165, 1.54) is 23.5 Å². The van der Waals surface area contributed by atoms with Gasteiger partial charge in [-0.25, -0.2) is 0 Å². The van der Waals surface area contributed by atoms with Gasteiger partial charge in [-0.2, -0.15) is 0 Å². The summed E-state index contributed by atoms with van der Waals surface area (Å²) in [5.74, 6) is 1.10. The molecule has 0 amide bonds. The molecule has 6 rings (SSSR count). The Hall–Kier alpha value is -2.66. The van der Waals surface area contributed by atoms with Gasteiger partial charge in [0.05, 0.1) is 19.3 Å². The second-order valence-electron chi connectivity index (χ2n) is 12.6. The molecule has 46 heavy (non-hydrogen) atoms. The van der Waals surface area contributed by atoms with E-state index < -0.39 is 11.6 Å². The maximum Gasteiger partial charge on any atom is 0.235 e. The van der Waals surface area contributed by atoms with Gasteiger partial charge in [0, 0.05) is 32.5 Å². The van der Waals surface area contributed by atoms with Crippen LogP contribution in [-0.4, -0.2) is 55.0 Å². The second kappa shape index (κ2) is 12.7. The minimum Gasteiger partial charge on any atom is -0.507 e. The number of phenols is 4. The number of allylic oxidation sites excluding steroid dienone is 1. The normalized spacial score (nSPS) is 18.3. The van der Waals surface area contributed by atoms with E-state index >= 15 is 0 Å². The average molecular weight is 695 g/mol. The van der Waals surface area contributed by atoms with Gasteiger partial charge < -0.3 is 20.4 Å². The number of rotatable bonds is 2. The van der Waals surface area contributed by atoms with E-state index in [-0.39, 0.29) is 40.4 Å². The highest BCUT2D eigenvalue weighted by Gasteiger charge is 2.37. The van der Waals surface area contributed by atoms with Crippen molar-refractivity contribution < 1.29 is 30.0 Å². The van der Waals surface area contributed by atoms with Gasteiger partial charge in [0.15, 0.2) is 11.5 Å². The van der Waals surface area contributed by atoms with Crippen molar-refractivity contribution in [2.24, 2.45) is 5.92 Å². The Bertz CT molecular complexity index is 2100. The Morgan fingerprint density at radius 2 is 1.17 bits per heavy atom. The number of Topliss-reactive ketones (excluding diaryl/α,β-unsaturated/α-hetero) is 2. The van der Waals surface area contributed by atoms with Gasteiger partial charge in [-0.05, 0) is 83.3 Å². The molecule has 3 aromatic carbocycles. The second-order valence-corrected chi connectivity index (χ2v) is 17.5. The topological polar surface area (TPSA) is 115 Å². The molecule has 0 aromatic heterocycles. The number of phenolic OH excluding ortho intramolecular Hbond substituents is 4. The summed E-state index contributed by atoms with van der Waals surface area (Å²) in [6, 6.07) is 3.77. The first-order valence-corrected chi connectivity index (χ1v) is 19.5. The van der Waals surface area contributed by atoms with Crippen molar-refractivity contribution >= 4 is 84.8 Å². The number of fused-ring (bicyclic) bond motifs is 2. The number of aryl methyl sites for hydroxylation is 2. The van der Waals surface area contributed by atoms with E-state index in [1.807, 2.05) is 53.7 Å². The van der Waals surface area contributed by atoms with Gasteiger partial charge in [-0.1, -0.05) is 39.8 Å². The van der Waals surface area contributed by atoms with Gasteiger partial charge >= 0.3 is 0 Å². The lowest BCUT2D eigenvalue weighted by molar-refractivity contribution is -0.130. The average Bonchev–Trinajstić information content (AvgIpc) is 3.01. The predicted octanol–water partition coefficient (Wildman–Crippen LogP) is 7.12. The smallest absolute Gasteiger partial charge is 0.235 e. The van der Waals surface area contributed by atoms with Crippen molar-refractivity contribution in [3.05, 3.63) is 59.5 Å². The summed E-state index contributed by atoms with van der Waals surface area (Å²) in [7, 11) is 0. The largest absolute Gasteiger partial charge is 0.507 e. The van der Waals surface area contributed by atoms with Crippen molar-refractivity contribution in [2.75, 3.05) is 23.0 Å². The molecule has 0 saturated carbocycles. The lowest BCUT2D eigenvalue weighted by Gasteiger charge is -2.25. The summed E-state index contributed by atoms with van der Waals surface area (Å²) in [5, 5.41) is 50.2. The molecule has 0 spiro atoms. The summed E-state index contributed by atoms with van der Waals surface area (Å²) in [5.41, 5.74) is 2.81. The van der Waals surface area contributed by atoms with Gasteiger partial charge in [0.25, 0.3) is 0 Å². The summed E-state index contributed by atoms with van der Waals surface area (Å²) in [4.78, 5) is 27.3. The first-order valence-electron chi connectivity index (χ1n) is 15.6. The molecule has 0 radical (unpaired) electrons. The molecule has 2 fully saturated rings. The monoisotopic (exact) mass is 694 g/mol. The molecule has 0 unspecified atom stereocenters. The minimum atomic E-state index is -0.607. The number of hydrogen-bond donors (Lipinski definition) is 4. The highest BCUT2D eigenvalue weighted by Crippen LogP contribution is 2.47. The fourth-order valence-electron chi connectivity index (χ4n) is 6.83. The zero-order valence-electron chi connectivity index (χ0n) is 26.8. The van der Waals surface area contributed by atoms with E-state index in [0.29, 0.717) is 59.5 Å². The van der Waals surface area contributed by atoms with Crippen LogP contribution in [0.15, 0.2) is 16.4 Å². The SMILES string of the molecule is Cc1cc2c(c(O)/c1=c1\c(C)cc3c(C(C)C)c(O)c(O)c(=C4SCCCS4)c3c1O)C(=C1SCCCS1)C(=O)C(=O)C=2C(C)C. The van der Waals surface area contributed by atoms with Crippen LogP contribution in [0.3, 0.4) is 0 Å². The van der Waals surface area contributed by atoms with Gasteiger partial charge in [-0.15, -0.1) is 47.0 Å². The molecule has 3 aliphatic rings. The van der Waals surface area contributed by atoms with E-state index in [1.54, 1.807) is 23.5 Å². The van der Waals surface area contributed by atoms with E-state index in [4.69, 9.17) is 0 Å². The number of benzene rings is 3. The van der Waals surface area contributed by atoms with Crippen molar-refractivity contribution in [3.63, 3.8) is 0 Å². The number of thioether (sulfide) groups is 4. The quantitative estimate of drug-likeness (QED) is 0.126. The maximum absolute atomic E-state index is 13.8. The standard InChI is InChI=1S/C36H38O6S4/c1-15(2)21-19-13-17(5)23(29(37)25(19)27(33(41)31(21)39)35-43-9-7-10-44-35)24-18(6)14-20-22(16(3)4)32(40)34(42)28(26(20)30(24)38)36-45-11-8-12-46-36/h13-16,37-39,41H,7-12H2,1-6H3/b24-23+. The molecule has 2 aliphatic heterocycles. The zero-order chi connectivity index (χ0) is 33.2. The minimum absolute atomic E-state index is 0.110. The fourth-order valence-corrected chi connectivity index (χ4v) is 12.1. The van der Waals surface area contributed by atoms with Crippen molar-refractivity contribution in [3.8, 4) is 23.0 Å². The number of ketones is 2. The van der Waals surface area contributed by atoms with Crippen molar-refractivity contribution in [1.82, 2.24) is 0 Å². The third kappa shape index (κ3) is 5.24. The first kappa shape index (κ1) is 33.2. The van der Waals surface area contributed by atoms with Crippen LogP contribution >= 0.6 is 47.0 Å². The predicted molar refractivity (Wildman–Crippen MR) is 195 cm³/mol. The summed E-state index contributed by atoms with van der Waals surface area (Å²) in [6.45, 7) is 11.3. The summed E-state index contributed by atoms with van der Waals surface area (Å²) >= 11 is 6.26. The molecule has 0 bridgehead atoms. The van der Waals surface area contributed by atoms with Crippen molar-refractivity contribution in [1.29, 1.82) is 0 Å². The molecule has 1 aliphatic carbocycles. The molecule has 2 heterocycles. The molecule has 0 atom stereocenters. The molecule has 6 nitrogen and oxygen atoms in total. The zero-order valence-corrected chi connectivity index (χ0v) is 30.1. The van der Waals surface area contributed by atoms with Gasteiger partial charge in [-0.3, -0.25) is 9.59 Å². The first-order chi connectivity index (χ1) is 21.9. The van der Waals surface area contributed by atoms with Crippen LogP contribution in [0.5, 0.6) is 23.0 Å². The number of aromatic hydroxyl groups is 4. The van der Waals surface area contributed by atoms with Crippen LogP contribution in [0.25, 0.3) is 26.2 Å². The Morgan fingerprint density at radius 1 is 0.630 bits per heavy atom. The third-order valence-electron chi connectivity index (χ3n) is 8.79. The van der Waals surface area contributed by atoms with E-state index in [9.17, 15) is 30.0 Å². The lowest BCUT2D eigenvalue weighted by atomic mass is 9.81. The van der Waals surface area contributed by atoms with Gasteiger partial charge in [0.1, 0.15) is 11.5 Å². The Labute approximate surface area is 285 Å². The summed E-state index contributed by atoms with van der Waals surface area (Å²) in [6.07, 6.45) is 2.00. The number of hydrogen-bond acceptors (Lipinski definition) is 10. The number of carbonyl (C=O) groups excluding carboxylic acids is 2. The Kier molecular flexibility index (Phi) is 9.21. The molecular weight excluding hydrogens is 657 g/mol.